The van der Waals surface area contributed by atoms with Crippen LogP contribution in [0.3, 0.4) is 0 Å². The Hall–Kier alpha value is -1.77. The molecule has 0 aliphatic heterocycles. The molecule has 2 aromatic carbocycles. The smallest absolute Gasteiger partial charge is 0.129 e. The quantitative estimate of drug-likeness (QED) is 0.523. The molecule has 118 valence electrons. The molecule has 0 atom stereocenters. The van der Waals surface area contributed by atoms with Gasteiger partial charge >= 0.3 is 0 Å². The van der Waals surface area contributed by atoms with Crippen molar-refractivity contribution in [2.75, 3.05) is 0 Å². The summed E-state index contributed by atoms with van der Waals surface area (Å²) in [5, 5.41) is 0. The first-order valence-electron chi connectivity index (χ1n) is 7.13. The van der Waals surface area contributed by atoms with Gasteiger partial charge < -0.3 is 0 Å². The lowest BCUT2D eigenvalue weighted by Crippen LogP contribution is -1.81. The molecule has 0 fully saturated rings. The Kier molecular flexibility index (Phi) is 13.6. The van der Waals surface area contributed by atoms with Crippen LogP contribution in [0.4, 0.5) is 13.2 Å². The van der Waals surface area contributed by atoms with Gasteiger partial charge in [-0.15, -0.1) is 0 Å². The first-order chi connectivity index (χ1) is 9.99. The number of benzene rings is 2. The molecule has 3 heteroatoms. The highest BCUT2D eigenvalue weighted by Crippen LogP contribution is 2.06. The van der Waals surface area contributed by atoms with Crippen molar-refractivity contribution in [1.82, 2.24) is 0 Å². The second kappa shape index (κ2) is 13.2. The van der Waals surface area contributed by atoms with E-state index in [0.717, 1.165) is 11.6 Å². The summed E-state index contributed by atoms with van der Waals surface area (Å²) in [5.74, 6) is -1.18. The average Bonchev–Trinajstić information content (AvgIpc) is 2.48. The molecule has 0 spiro atoms. The van der Waals surface area contributed by atoms with Crippen LogP contribution in [0.15, 0.2) is 42.5 Å². The normalized spacial score (nSPS) is 8.24. The first-order valence-corrected chi connectivity index (χ1v) is 7.13. The fourth-order valence-electron chi connectivity index (χ4n) is 1.17. The summed E-state index contributed by atoms with van der Waals surface area (Å²) < 4.78 is 36.6. The standard InChI is InChI=1S/C7H6F2.C7H7F.2C2H6/c1-5-2-3-6(8)4-7(5)9;1-6-3-2-4-7(8)5-6;2*1-2/h2-4H,1H3;2-5H,1H3;2*1-2H3. The molecule has 21 heavy (non-hydrogen) atoms. The minimum Gasteiger partial charge on any atom is -0.207 e. The monoisotopic (exact) mass is 298 g/mol. The van der Waals surface area contributed by atoms with Gasteiger partial charge in [0.1, 0.15) is 17.5 Å². The second-order valence-corrected chi connectivity index (χ2v) is 3.69. The molecule has 0 aliphatic carbocycles. The Bertz CT molecular complexity index is 476. The van der Waals surface area contributed by atoms with Crippen molar-refractivity contribution in [1.29, 1.82) is 0 Å². The molecule has 0 radical (unpaired) electrons. The Morgan fingerprint density at radius 1 is 0.667 bits per heavy atom. The van der Waals surface area contributed by atoms with Crippen LogP contribution in [0.1, 0.15) is 38.8 Å². The van der Waals surface area contributed by atoms with Gasteiger partial charge in [0.15, 0.2) is 0 Å². The molecular formula is C18H25F3. The van der Waals surface area contributed by atoms with Gasteiger partial charge in [-0.3, -0.25) is 0 Å². The van der Waals surface area contributed by atoms with Crippen molar-refractivity contribution >= 4 is 0 Å². The van der Waals surface area contributed by atoms with Crippen LogP contribution >= 0.6 is 0 Å². The Morgan fingerprint density at radius 3 is 1.52 bits per heavy atom. The number of hydrogen-bond donors (Lipinski definition) is 0. The van der Waals surface area contributed by atoms with E-state index in [9.17, 15) is 13.2 Å². The van der Waals surface area contributed by atoms with Crippen molar-refractivity contribution in [3.63, 3.8) is 0 Å². The van der Waals surface area contributed by atoms with Crippen molar-refractivity contribution in [3.05, 3.63) is 71.0 Å². The van der Waals surface area contributed by atoms with Gasteiger partial charge in [0.05, 0.1) is 0 Å². The van der Waals surface area contributed by atoms with Crippen molar-refractivity contribution < 1.29 is 13.2 Å². The van der Waals surface area contributed by atoms with E-state index in [1.807, 2.05) is 40.7 Å². The van der Waals surface area contributed by atoms with Crippen LogP contribution < -0.4 is 0 Å². The lowest BCUT2D eigenvalue weighted by atomic mass is 10.2. The lowest BCUT2D eigenvalue weighted by Gasteiger charge is -1.92. The highest BCUT2D eigenvalue weighted by atomic mass is 19.1. The van der Waals surface area contributed by atoms with Crippen LogP contribution in [0.2, 0.25) is 0 Å². The number of halogens is 3. The minimum atomic E-state index is -0.530. The van der Waals surface area contributed by atoms with Gasteiger partial charge in [0.25, 0.3) is 0 Å². The summed E-state index contributed by atoms with van der Waals surface area (Å²) in [6.45, 7) is 11.5. The van der Waals surface area contributed by atoms with Crippen LogP contribution in [-0.2, 0) is 0 Å². The van der Waals surface area contributed by atoms with E-state index >= 15 is 0 Å². The van der Waals surface area contributed by atoms with E-state index in [4.69, 9.17) is 0 Å². The molecule has 0 aliphatic rings. The first kappa shape index (κ1) is 21.5. The highest BCUT2D eigenvalue weighted by Gasteiger charge is 1.95. The lowest BCUT2D eigenvalue weighted by molar-refractivity contribution is 0.577. The summed E-state index contributed by atoms with van der Waals surface area (Å²) in [6, 6.07) is 10.0. The average molecular weight is 298 g/mol. The van der Waals surface area contributed by atoms with Gasteiger partial charge in [0, 0.05) is 6.07 Å². The van der Waals surface area contributed by atoms with Crippen LogP contribution in [0.5, 0.6) is 0 Å². The summed E-state index contributed by atoms with van der Waals surface area (Å²) in [6.07, 6.45) is 0. The molecule has 0 saturated carbocycles. The Balaban J connectivity index is 0. The third kappa shape index (κ3) is 10.7. The van der Waals surface area contributed by atoms with E-state index in [2.05, 4.69) is 0 Å². The predicted octanol–water partition coefficient (Wildman–Crippen LogP) is 6.46. The van der Waals surface area contributed by atoms with Crippen molar-refractivity contribution in [2.24, 2.45) is 0 Å². The molecule has 0 N–H and O–H groups in total. The van der Waals surface area contributed by atoms with E-state index in [-0.39, 0.29) is 5.82 Å². The Morgan fingerprint density at radius 2 is 1.19 bits per heavy atom. The van der Waals surface area contributed by atoms with Crippen LogP contribution in [0.25, 0.3) is 0 Å². The SMILES string of the molecule is CC.CC.Cc1ccc(F)cc1F.Cc1cccc(F)c1. The molecule has 2 rings (SSSR count). The van der Waals surface area contributed by atoms with Crippen molar-refractivity contribution in [2.45, 2.75) is 41.5 Å². The summed E-state index contributed by atoms with van der Waals surface area (Å²) in [5.41, 5.74) is 1.43. The fraction of sp³-hybridized carbons (Fsp3) is 0.333. The van der Waals surface area contributed by atoms with E-state index in [0.29, 0.717) is 5.56 Å². The Labute approximate surface area is 126 Å². The predicted molar refractivity (Wildman–Crippen MR) is 84.9 cm³/mol. The van der Waals surface area contributed by atoms with Gasteiger partial charge in [0.2, 0.25) is 0 Å². The molecule has 0 heterocycles. The molecular weight excluding hydrogens is 273 g/mol. The number of rotatable bonds is 0. The number of hydrogen-bond acceptors (Lipinski definition) is 0. The second-order valence-electron chi connectivity index (χ2n) is 3.69. The molecule has 0 nitrogen and oxygen atoms in total. The molecule has 0 saturated heterocycles. The topological polar surface area (TPSA) is 0 Å². The summed E-state index contributed by atoms with van der Waals surface area (Å²) >= 11 is 0. The zero-order chi connectivity index (χ0) is 16.8. The summed E-state index contributed by atoms with van der Waals surface area (Å²) in [4.78, 5) is 0. The molecule has 0 unspecified atom stereocenters. The van der Waals surface area contributed by atoms with Crippen molar-refractivity contribution in [3.8, 4) is 0 Å². The summed E-state index contributed by atoms with van der Waals surface area (Å²) in [7, 11) is 0. The van der Waals surface area contributed by atoms with Crippen LogP contribution in [-0.4, -0.2) is 0 Å². The maximum Gasteiger partial charge on any atom is 0.129 e. The minimum absolute atomic E-state index is 0.162. The van der Waals surface area contributed by atoms with E-state index in [1.165, 1.54) is 24.3 Å². The zero-order valence-electron chi connectivity index (χ0n) is 13.7. The third-order valence-electron chi connectivity index (χ3n) is 2.11. The molecule has 2 aromatic rings. The zero-order valence-corrected chi connectivity index (χ0v) is 13.7. The largest absolute Gasteiger partial charge is 0.207 e. The molecule has 0 amide bonds. The van der Waals surface area contributed by atoms with Crippen LogP contribution in [0, 0.1) is 31.3 Å². The fourth-order valence-corrected chi connectivity index (χ4v) is 1.17. The van der Waals surface area contributed by atoms with Gasteiger partial charge in [-0.2, -0.15) is 0 Å². The maximum atomic E-state index is 12.3. The van der Waals surface area contributed by atoms with Gasteiger partial charge in [-0.1, -0.05) is 45.9 Å². The maximum absolute atomic E-state index is 12.3. The molecule has 0 aromatic heterocycles. The van der Waals surface area contributed by atoms with Gasteiger partial charge in [-0.05, 0) is 43.2 Å². The molecule has 0 bridgehead atoms. The number of aryl methyl sites for hydroxylation is 2. The highest BCUT2D eigenvalue weighted by molar-refractivity contribution is 5.16. The third-order valence-corrected chi connectivity index (χ3v) is 2.11. The van der Waals surface area contributed by atoms with Gasteiger partial charge in [-0.25, -0.2) is 13.2 Å². The van der Waals surface area contributed by atoms with E-state index in [1.54, 1.807) is 13.0 Å². The van der Waals surface area contributed by atoms with E-state index < -0.39 is 11.6 Å².